The number of nitrogens with zero attached hydrogens (tertiary/aromatic N) is 1. The Hall–Kier alpha value is -1.08. The Labute approximate surface area is 83.4 Å². The number of aromatic nitrogens is 1. The van der Waals surface area contributed by atoms with Crippen molar-refractivity contribution in [2.24, 2.45) is 0 Å². The van der Waals surface area contributed by atoms with Crippen LogP contribution in [-0.2, 0) is 0 Å². The Morgan fingerprint density at radius 2 is 1.77 bits per heavy atom. The van der Waals surface area contributed by atoms with Gasteiger partial charge in [0.1, 0.15) is 0 Å². The molecule has 0 saturated heterocycles. The Morgan fingerprint density at radius 3 is 2.46 bits per heavy atom. The van der Waals surface area contributed by atoms with Gasteiger partial charge in [-0.2, -0.15) is 0 Å². The van der Waals surface area contributed by atoms with Crippen molar-refractivity contribution >= 4 is 22.5 Å². The second kappa shape index (κ2) is 5.55. The molecule has 0 spiro atoms. The van der Waals surface area contributed by atoms with Crippen molar-refractivity contribution in [3.8, 4) is 0 Å². The van der Waals surface area contributed by atoms with Gasteiger partial charge in [-0.25, -0.2) is 0 Å². The fraction of sp³-hybridized carbons (Fsp3) is 0.182. The van der Waals surface area contributed by atoms with Crippen molar-refractivity contribution in [2.75, 3.05) is 5.88 Å². The van der Waals surface area contributed by atoms with Crippen LogP contribution in [0.3, 0.4) is 0 Å². The summed E-state index contributed by atoms with van der Waals surface area (Å²) in [4.78, 5) is 4.18. The maximum absolute atomic E-state index is 5.00. The molecule has 0 bridgehead atoms. The van der Waals surface area contributed by atoms with Gasteiger partial charge in [0.25, 0.3) is 0 Å². The molecule has 0 unspecified atom stereocenters. The third kappa shape index (κ3) is 3.03. The van der Waals surface area contributed by atoms with Crippen molar-refractivity contribution in [3.05, 3.63) is 42.6 Å². The lowest BCUT2D eigenvalue weighted by molar-refractivity contribution is 1.41. The summed E-state index contributed by atoms with van der Waals surface area (Å²) < 4.78 is 0. The quantitative estimate of drug-likeness (QED) is 0.584. The molecule has 0 amide bonds. The smallest absolute Gasteiger partial charge is 0.0701 e. The van der Waals surface area contributed by atoms with E-state index in [0.717, 1.165) is 11.4 Å². The van der Waals surface area contributed by atoms with Crippen LogP contribution in [0.2, 0.25) is 0 Å². The monoisotopic (exact) mass is 193 g/mol. The lowest BCUT2D eigenvalue weighted by Gasteiger charge is -1.91. The summed E-state index contributed by atoms with van der Waals surface area (Å²) in [6.07, 6.45) is 1.81. The molecule has 0 aliphatic carbocycles. The molecule has 1 nitrogen and oxygen atoms in total. The molecule has 2 heteroatoms. The van der Waals surface area contributed by atoms with Crippen molar-refractivity contribution in [1.29, 1.82) is 0 Å². The number of hydrogen-bond acceptors (Lipinski definition) is 1. The van der Waals surface area contributed by atoms with Gasteiger partial charge in [-0.3, -0.25) is 4.98 Å². The average molecular weight is 194 g/mol. The minimum absolute atomic E-state index is 0.722. The molecule has 1 aromatic heterocycles. The van der Waals surface area contributed by atoms with E-state index in [2.05, 4.69) is 17.1 Å². The van der Waals surface area contributed by atoms with Gasteiger partial charge in [0.2, 0.25) is 0 Å². The summed E-state index contributed by atoms with van der Waals surface area (Å²) in [6.45, 7) is 1.89. The van der Waals surface area contributed by atoms with E-state index in [1.165, 1.54) is 5.39 Å². The minimum Gasteiger partial charge on any atom is -0.256 e. The molecule has 0 N–H and O–H groups in total. The molecule has 1 aromatic carbocycles. The van der Waals surface area contributed by atoms with E-state index in [9.17, 15) is 0 Å². The van der Waals surface area contributed by atoms with E-state index in [-0.39, 0.29) is 0 Å². The lowest BCUT2D eigenvalue weighted by Crippen LogP contribution is -1.73. The highest BCUT2D eigenvalue weighted by Gasteiger charge is 1.86. The van der Waals surface area contributed by atoms with Gasteiger partial charge in [-0.05, 0) is 12.1 Å². The van der Waals surface area contributed by atoms with Gasteiger partial charge >= 0.3 is 0 Å². The maximum Gasteiger partial charge on any atom is 0.0701 e. The van der Waals surface area contributed by atoms with E-state index in [1.54, 1.807) is 0 Å². The fourth-order valence-corrected chi connectivity index (χ4v) is 1.02. The number of halogens is 1. The molecule has 0 saturated carbocycles. The number of alkyl halides is 1. The van der Waals surface area contributed by atoms with Crippen molar-refractivity contribution in [3.63, 3.8) is 0 Å². The number of rotatable bonds is 0. The lowest BCUT2D eigenvalue weighted by atomic mass is 10.2. The van der Waals surface area contributed by atoms with Crippen molar-refractivity contribution in [2.45, 2.75) is 6.92 Å². The summed E-state index contributed by atoms with van der Waals surface area (Å²) in [5, 5.41) is 1.20. The van der Waals surface area contributed by atoms with E-state index >= 15 is 0 Å². The number of benzene rings is 1. The largest absolute Gasteiger partial charge is 0.256 e. The highest BCUT2D eigenvalue weighted by Crippen LogP contribution is 2.07. The summed E-state index contributed by atoms with van der Waals surface area (Å²) in [5.41, 5.74) is 1.06. The van der Waals surface area contributed by atoms with Gasteiger partial charge < -0.3 is 0 Å². The fourth-order valence-electron chi connectivity index (χ4n) is 1.02. The first-order chi connectivity index (χ1) is 6.38. The van der Waals surface area contributed by atoms with E-state index < -0.39 is 0 Å². The predicted molar refractivity (Wildman–Crippen MR) is 58.1 cm³/mol. The molecule has 2 rings (SSSR count). The minimum atomic E-state index is 0.722. The summed E-state index contributed by atoms with van der Waals surface area (Å²) in [7, 11) is 0. The molecular weight excluding hydrogens is 182 g/mol. The Balaban J connectivity index is 0.000000251. The van der Waals surface area contributed by atoms with E-state index in [1.807, 2.05) is 37.4 Å². The molecule has 0 atom stereocenters. The molecular formula is C11H12ClN. The van der Waals surface area contributed by atoms with Crippen LogP contribution in [0.25, 0.3) is 10.9 Å². The van der Waals surface area contributed by atoms with E-state index in [0.29, 0.717) is 0 Å². The summed E-state index contributed by atoms with van der Waals surface area (Å²) in [5.74, 6) is 0.722. The molecule has 0 radical (unpaired) electrons. The highest BCUT2D eigenvalue weighted by molar-refractivity contribution is 6.17. The zero-order valence-corrected chi connectivity index (χ0v) is 8.33. The van der Waals surface area contributed by atoms with Gasteiger partial charge in [-0.15, -0.1) is 11.6 Å². The number of hydrogen-bond donors (Lipinski definition) is 0. The molecule has 0 aliphatic rings. The van der Waals surface area contributed by atoms with Crippen LogP contribution >= 0.6 is 11.6 Å². The third-order valence-corrected chi connectivity index (χ3v) is 1.51. The van der Waals surface area contributed by atoms with Crippen LogP contribution in [0.15, 0.2) is 42.6 Å². The van der Waals surface area contributed by atoms with Gasteiger partial charge in [0, 0.05) is 17.5 Å². The molecule has 0 fully saturated rings. The first kappa shape index (κ1) is 10.0. The van der Waals surface area contributed by atoms with Gasteiger partial charge in [0.05, 0.1) is 5.52 Å². The second-order valence-electron chi connectivity index (χ2n) is 2.46. The van der Waals surface area contributed by atoms with Gasteiger partial charge in [0.15, 0.2) is 0 Å². The molecule has 2 aromatic rings. The zero-order valence-electron chi connectivity index (χ0n) is 7.57. The second-order valence-corrected chi connectivity index (χ2v) is 3.00. The summed E-state index contributed by atoms with van der Waals surface area (Å²) >= 11 is 5.00. The molecule has 13 heavy (non-hydrogen) atoms. The molecule has 68 valence electrons. The van der Waals surface area contributed by atoms with Crippen molar-refractivity contribution in [1.82, 2.24) is 4.98 Å². The zero-order chi connectivity index (χ0) is 9.52. The predicted octanol–water partition coefficient (Wildman–Crippen LogP) is 3.48. The topological polar surface area (TPSA) is 12.9 Å². The Bertz CT molecular complexity index is 294. The van der Waals surface area contributed by atoms with Crippen LogP contribution in [0.1, 0.15) is 6.92 Å². The molecule has 0 aliphatic heterocycles. The average Bonchev–Trinajstić information content (AvgIpc) is 2.19. The normalized spacial score (nSPS) is 9.08. The number of fused-ring (bicyclic) bond motifs is 1. The SMILES string of the molecule is CCCl.c1ccc2ncccc2c1. The highest BCUT2D eigenvalue weighted by atomic mass is 35.5. The van der Waals surface area contributed by atoms with Gasteiger partial charge in [-0.1, -0.05) is 31.2 Å². The first-order valence-corrected chi connectivity index (χ1v) is 4.77. The molecule has 1 heterocycles. The standard InChI is InChI=1S/C9H7N.C2H5Cl/c1-2-6-9-8(4-1)5-3-7-10-9;1-2-3/h1-7H;2H2,1H3. The number of pyridine rings is 1. The maximum atomic E-state index is 5.00. The van der Waals surface area contributed by atoms with Crippen LogP contribution in [0, 0.1) is 0 Å². The first-order valence-electron chi connectivity index (χ1n) is 4.24. The van der Waals surface area contributed by atoms with Crippen LogP contribution < -0.4 is 0 Å². The summed E-state index contributed by atoms with van der Waals surface area (Å²) in [6, 6.07) is 12.1. The van der Waals surface area contributed by atoms with Crippen LogP contribution in [-0.4, -0.2) is 10.9 Å². The number of para-hydroxylation sites is 1. The third-order valence-electron chi connectivity index (χ3n) is 1.51. The van der Waals surface area contributed by atoms with Crippen LogP contribution in [0.5, 0.6) is 0 Å². The van der Waals surface area contributed by atoms with Crippen LogP contribution in [0.4, 0.5) is 0 Å². The Kier molecular flexibility index (Phi) is 4.27. The van der Waals surface area contributed by atoms with Crippen molar-refractivity contribution < 1.29 is 0 Å². The van der Waals surface area contributed by atoms with E-state index in [4.69, 9.17) is 11.6 Å². The Morgan fingerprint density at radius 1 is 1.15 bits per heavy atom.